The Hall–Kier alpha value is -0.781. The van der Waals surface area contributed by atoms with E-state index >= 15 is 0 Å². The molecule has 0 nitrogen and oxygen atoms in total. The van der Waals surface area contributed by atoms with E-state index in [0.29, 0.717) is 0 Å². The molecule has 0 atom stereocenters. The van der Waals surface area contributed by atoms with Crippen LogP contribution in [0.25, 0.3) is 0 Å². The molecular formula is C30H50Fe. The number of rotatable bonds is 15. The fourth-order valence-corrected chi connectivity index (χ4v) is 4.20. The van der Waals surface area contributed by atoms with Gasteiger partial charge in [-0.3, -0.25) is 0 Å². The molecule has 0 fully saturated rings. The molecule has 0 aliphatic carbocycles. The van der Waals surface area contributed by atoms with Crippen molar-refractivity contribution in [3.05, 3.63) is 58.1 Å². The molecule has 0 N–H and O–H groups in total. The molecule has 2 aromatic carbocycles. The minimum atomic E-state index is 0. The summed E-state index contributed by atoms with van der Waals surface area (Å²) in [5.74, 6) is 0. The van der Waals surface area contributed by atoms with E-state index in [1.54, 1.807) is 27.8 Å². The van der Waals surface area contributed by atoms with Crippen LogP contribution in [-0.2, 0) is 49.2 Å². The molecule has 0 bridgehead atoms. The fourth-order valence-electron chi connectivity index (χ4n) is 4.20. The van der Waals surface area contributed by atoms with Crippen LogP contribution in [0, 0.1) is 0 Å². The Balaban J connectivity index is 0.000000581. The molecule has 0 aromatic heterocycles. The van der Waals surface area contributed by atoms with E-state index in [1.807, 2.05) is 0 Å². The summed E-state index contributed by atoms with van der Waals surface area (Å²) in [5, 5.41) is 0. The molecule has 0 unspecified atom stereocenters. The second kappa shape index (κ2) is 19.9. The van der Waals surface area contributed by atoms with Gasteiger partial charge >= 0.3 is 17.1 Å². The monoisotopic (exact) mass is 466 g/mol. The first-order valence-corrected chi connectivity index (χ1v) is 13.2. The van der Waals surface area contributed by atoms with Crippen LogP contribution in [0.4, 0.5) is 0 Å². The maximum Gasteiger partial charge on any atom is 2.00 e. The normalized spacial score (nSPS) is 10.5. The topological polar surface area (TPSA) is 0 Å². The van der Waals surface area contributed by atoms with Gasteiger partial charge in [0.2, 0.25) is 0 Å². The molecule has 31 heavy (non-hydrogen) atoms. The molecule has 0 amide bonds. The molecule has 1 heteroatoms. The van der Waals surface area contributed by atoms with Crippen molar-refractivity contribution in [3.8, 4) is 0 Å². The molecule has 2 rings (SSSR count). The summed E-state index contributed by atoms with van der Waals surface area (Å²) >= 11 is 0. The summed E-state index contributed by atoms with van der Waals surface area (Å²) in [4.78, 5) is 0. The predicted molar refractivity (Wildman–Crippen MR) is 137 cm³/mol. The molecule has 2 aromatic rings. The Morgan fingerprint density at radius 3 is 1.81 bits per heavy atom. The Bertz CT molecular complexity index is 583. The zero-order chi connectivity index (χ0) is 22.0. The third kappa shape index (κ3) is 12.1. The Labute approximate surface area is 205 Å². The van der Waals surface area contributed by atoms with E-state index < -0.39 is 0 Å². The SMILES string of the molecule is CCCCc1cc[c-](CCCC)c1CCCC.CCCCc1cc[cH-]c1CCCC.[Fe+2]. The van der Waals surface area contributed by atoms with Gasteiger partial charge in [0.25, 0.3) is 0 Å². The van der Waals surface area contributed by atoms with Crippen molar-refractivity contribution in [2.24, 2.45) is 0 Å². The van der Waals surface area contributed by atoms with Crippen LogP contribution in [0.15, 0.2) is 30.3 Å². The van der Waals surface area contributed by atoms with Gasteiger partial charge in [-0.25, -0.2) is 12.1 Å². The second-order valence-electron chi connectivity index (χ2n) is 8.96. The smallest absolute Gasteiger partial charge is 0.210 e. The third-order valence-electron chi connectivity index (χ3n) is 6.25. The van der Waals surface area contributed by atoms with E-state index in [9.17, 15) is 0 Å². The average Bonchev–Trinajstić information content (AvgIpc) is 3.38. The van der Waals surface area contributed by atoms with Gasteiger partial charge in [0, 0.05) is 0 Å². The minimum absolute atomic E-state index is 0. The first-order valence-electron chi connectivity index (χ1n) is 13.2. The van der Waals surface area contributed by atoms with Gasteiger partial charge in [0.1, 0.15) is 0 Å². The van der Waals surface area contributed by atoms with Crippen molar-refractivity contribution in [2.75, 3.05) is 0 Å². The number of unbranched alkanes of at least 4 members (excludes halogenated alkanes) is 5. The van der Waals surface area contributed by atoms with E-state index in [2.05, 4.69) is 65.0 Å². The summed E-state index contributed by atoms with van der Waals surface area (Å²) in [6.45, 7) is 11.4. The molecule has 0 aliphatic heterocycles. The van der Waals surface area contributed by atoms with E-state index in [4.69, 9.17) is 0 Å². The molecule has 0 heterocycles. The fraction of sp³-hybridized carbons (Fsp3) is 0.667. The van der Waals surface area contributed by atoms with E-state index in [-0.39, 0.29) is 17.1 Å². The first kappa shape index (κ1) is 30.2. The van der Waals surface area contributed by atoms with Crippen molar-refractivity contribution in [3.63, 3.8) is 0 Å². The van der Waals surface area contributed by atoms with Gasteiger partial charge < -0.3 is 0 Å². The van der Waals surface area contributed by atoms with Crippen LogP contribution in [0.3, 0.4) is 0 Å². The first-order chi connectivity index (χ1) is 14.7. The van der Waals surface area contributed by atoms with Crippen molar-refractivity contribution >= 4 is 0 Å². The second-order valence-corrected chi connectivity index (χ2v) is 8.96. The van der Waals surface area contributed by atoms with Crippen molar-refractivity contribution in [2.45, 2.75) is 131 Å². The summed E-state index contributed by atoms with van der Waals surface area (Å²) in [6.07, 6.45) is 19.7. The Morgan fingerprint density at radius 1 is 0.645 bits per heavy atom. The minimum Gasteiger partial charge on any atom is -0.210 e. The maximum atomic E-state index is 2.39. The van der Waals surface area contributed by atoms with Gasteiger partial charge in [0.15, 0.2) is 0 Å². The molecular weight excluding hydrogens is 416 g/mol. The van der Waals surface area contributed by atoms with Gasteiger partial charge in [-0.05, 0) is 0 Å². The largest absolute Gasteiger partial charge is 2.00 e. The third-order valence-corrected chi connectivity index (χ3v) is 6.25. The molecule has 0 radical (unpaired) electrons. The van der Waals surface area contributed by atoms with Crippen LogP contribution in [-0.4, -0.2) is 0 Å². The Morgan fingerprint density at radius 2 is 1.19 bits per heavy atom. The molecule has 0 spiro atoms. The summed E-state index contributed by atoms with van der Waals surface area (Å²) in [6, 6.07) is 11.6. The van der Waals surface area contributed by atoms with Gasteiger partial charge in [0.05, 0.1) is 0 Å². The van der Waals surface area contributed by atoms with Crippen LogP contribution in [0.5, 0.6) is 0 Å². The van der Waals surface area contributed by atoms with Crippen molar-refractivity contribution < 1.29 is 17.1 Å². The number of aryl methyl sites for hydroxylation is 4. The molecule has 0 aliphatic rings. The quantitative estimate of drug-likeness (QED) is 0.181. The predicted octanol–water partition coefficient (Wildman–Crippen LogP) is 9.52. The van der Waals surface area contributed by atoms with Gasteiger partial charge in [-0.1, -0.05) is 131 Å². The zero-order valence-electron chi connectivity index (χ0n) is 21.3. The van der Waals surface area contributed by atoms with E-state index in [0.717, 1.165) is 0 Å². The Kier molecular flexibility index (Phi) is 19.4. The van der Waals surface area contributed by atoms with E-state index in [1.165, 1.54) is 96.3 Å². The van der Waals surface area contributed by atoms with Crippen LogP contribution >= 0.6 is 0 Å². The number of hydrogen-bond acceptors (Lipinski definition) is 0. The van der Waals surface area contributed by atoms with Crippen molar-refractivity contribution in [1.82, 2.24) is 0 Å². The summed E-state index contributed by atoms with van der Waals surface area (Å²) in [5.41, 5.74) is 8.18. The van der Waals surface area contributed by atoms with Crippen LogP contribution in [0.1, 0.15) is 127 Å². The maximum absolute atomic E-state index is 2.39. The summed E-state index contributed by atoms with van der Waals surface area (Å²) in [7, 11) is 0. The summed E-state index contributed by atoms with van der Waals surface area (Å²) < 4.78 is 0. The standard InChI is InChI=1S/C17H29.C13H21.Fe/c1-4-7-10-15-13-14-16(11-8-5-2)17(15)12-9-6-3;1-3-5-8-12-10-7-11-13(12)9-6-4-2;/h13-14H,4-12H2,1-3H3;7,10-11H,3-6,8-9H2,1-2H3;/q2*-1;+2. The average molecular weight is 467 g/mol. The number of hydrogen-bond donors (Lipinski definition) is 0. The molecule has 0 saturated carbocycles. The van der Waals surface area contributed by atoms with Crippen LogP contribution in [0.2, 0.25) is 0 Å². The molecule has 0 saturated heterocycles. The van der Waals surface area contributed by atoms with Crippen LogP contribution < -0.4 is 0 Å². The van der Waals surface area contributed by atoms with Gasteiger partial charge in [-0.2, -0.15) is 46.0 Å². The van der Waals surface area contributed by atoms with Crippen molar-refractivity contribution in [1.29, 1.82) is 0 Å². The molecule has 178 valence electrons. The van der Waals surface area contributed by atoms with Gasteiger partial charge in [-0.15, -0.1) is 0 Å². The zero-order valence-corrected chi connectivity index (χ0v) is 22.5.